The summed E-state index contributed by atoms with van der Waals surface area (Å²) in [5, 5.41) is 2.98. The number of hydrogen-bond acceptors (Lipinski definition) is 9. The second-order valence-electron chi connectivity index (χ2n) is 9.16. The van der Waals surface area contributed by atoms with Crippen LogP contribution >= 0.6 is 84.7 Å². The number of Topliss-reactive ketones (excluding diaryl/α,β-unsaturated/α-hetero) is 1. The molecule has 1 N–H and O–H groups in total. The minimum atomic E-state index is -0.106. The molecule has 0 atom stereocenters. The second kappa shape index (κ2) is 14.0. The lowest BCUT2D eigenvalue weighted by Gasteiger charge is -2.03. The van der Waals surface area contributed by atoms with E-state index in [4.69, 9.17) is 0 Å². The normalized spacial score (nSPS) is 11.5. The summed E-state index contributed by atoms with van der Waals surface area (Å²) in [5.74, 6) is 0.515. The van der Waals surface area contributed by atoms with E-state index in [1.165, 1.54) is 38.4 Å². The number of nitrogens with one attached hydrogen (secondary N) is 1. The Kier molecular flexibility index (Phi) is 9.90. The van der Waals surface area contributed by atoms with Crippen LogP contribution in [0.15, 0.2) is 103 Å². The van der Waals surface area contributed by atoms with Crippen LogP contribution in [0.5, 0.6) is 0 Å². The molecule has 0 aliphatic heterocycles. The van der Waals surface area contributed by atoms with E-state index < -0.39 is 0 Å². The standard InChI is InChI=1S/C31H20BrIN4O2S4/c32-20-5-3-19(4-6-20)26(38)16-40-30-36-25-12-10-23(14-28(25)43-30)35-29(39)17-41-31-37-24-11-9-22(13-27(24)42-31)34-15-18-1-7-21(33)8-2-18/h1-15H,16-17H2,(H,35,39). The molecule has 1 amide bonds. The van der Waals surface area contributed by atoms with Gasteiger partial charge in [0.15, 0.2) is 14.5 Å². The smallest absolute Gasteiger partial charge is 0.234 e. The molecule has 0 spiro atoms. The quantitative estimate of drug-likeness (QED) is 0.0642. The van der Waals surface area contributed by atoms with Gasteiger partial charge in [0.25, 0.3) is 0 Å². The van der Waals surface area contributed by atoms with Crippen LogP contribution in [0.25, 0.3) is 20.4 Å². The molecule has 43 heavy (non-hydrogen) atoms. The van der Waals surface area contributed by atoms with Gasteiger partial charge in [-0.05, 0) is 88.8 Å². The average molecular weight is 816 g/mol. The van der Waals surface area contributed by atoms with Gasteiger partial charge in [0.2, 0.25) is 5.91 Å². The second-order valence-corrected chi connectivity index (χ2v) is 15.8. The molecule has 214 valence electrons. The summed E-state index contributed by atoms with van der Waals surface area (Å²) in [7, 11) is 0. The lowest BCUT2D eigenvalue weighted by atomic mass is 10.2. The maximum Gasteiger partial charge on any atom is 0.234 e. The van der Waals surface area contributed by atoms with E-state index in [1.807, 2.05) is 79.0 Å². The summed E-state index contributed by atoms with van der Waals surface area (Å²) in [6, 6.07) is 27.1. The number of carbonyl (C=O) groups excluding carboxylic acids is 2. The van der Waals surface area contributed by atoms with Crippen molar-refractivity contribution in [3.05, 3.63) is 104 Å². The summed E-state index contributed by atoms with van der Waals surface area (Å²) in [6.45, 7) is 0. The van der Waals surface area contributed by atoms with Gasteiger partial charge in [0.1, 0.15) is 0 Å². The topological polar surface area (TPSA) is 84.3 Å². The Bertz CT molecular complexity index is 1970. The fourth-order valence-electron chi connectivity index (χ4n) is 3.95. The Labute approximate surface area is 286 Å². The van der Waals surface area contributed by atoms with Crippen LogP contribution in [-0.4, -0.2) is 39.4 Å². The number of ketones is 1. The number of hydrogen-bond donors (Lipinski definition) is 1. The Morgan fingerprint density at radius 3 is 2.21 bits per heavy atom. The van der Waals surface area contributed by atoms with Crippen LogP contribution in [0.2, 0.25) is 0 Å². The number of carbonyl (C=O) groups is 2. The molecule has 0 aliphatic carbocycles. The number of fused-ring (bicyclic) bond motifs is 2. The minimum absolute atomic E-state index is 0.0576. The number of aliphatic imine (C=N–C) groups is 1. The van der Waals surface area contributed by atoms with Crippen LogP contribution in [0, 0.1) is 3.57 Å². The predicted octanol–water partition coefficient (Wildman–Crippen LogP) is 9.73. The number of aromatic nitrogens is 2. The van der Waals surface area contributed by atoms with Crippen molar-refractivity contribution in [3.63, 3.8) is 0 Å². The molecule has 0 radical (unpaired) electrons. The van der Waals surface area contributed by atoms with Gasteiger partial charge in [-0.2, -0.15) is 0 Å². The van der Waals surface area contributed by atoms with Crippen LogP contribution < -0.4 is 5.32 Å². The summed E-state index contributed by atoms with van der Waals surface area (Å²) in [5.41, 5.74) is 5.03. The van der Waals surface area contributed by atoms with Crippen molar-refractivity contribution in [3.8, 4) is 0 Å². The van der Waals surface area contributed by atoms with Crippen LogP contribution in [-0.2, 0) is 4.79 Å². The Morgan fingerprint density at radius 1 is 0.837 bits per heavy atom. The fourth-order valence-corrected chi connectivity index (χ4v) is 8.47. The first-order valence-corrected chi connectivity index (χ1v) is 18.3. The van der Waals surface area contributed by atoms with Crippen LogP contribution in [0.4, 0.5) is 11.4 Å². The number of thioether (sulfide) groups is 2. The zero-order chi connectivity index (χ0) is 29.8. The molecule has 12 heteroatoms. The van der Waals surface area contributed by atoms with E-state index in [1.54, 1.807) is 11.3 Å². The molecule has 0 bridgehead atoms. The predicted molar refractivity (Wildman–Crippen MR) is 194 cm³/mol. The van der Waals surface area contributed by atoms with E-state index in [0.29, 0.717) is 17.0 Å². The number of rotatable bonds is 10. The van der Waals surface area contributed by atoms with Gasteiger partial charge in [-0.15, -0.1) is 22.7 Å². The third kappa shape index (κ3) is 8.11. The summed E-state index contributed by atoms with van der Waals surface area (Å²) in [4.78, 5) is 39.2. The van der Waals surface area contributed by atoms with Crippen molar-refractivity contribution in [1.82, 2.24) is 9.97 Å². The zero-order valence-electron chi connectivity index (χ0n) is 22.1. The summed E-state index contributed by atoms with van der Waals surface area (Å²) < 4.78 is 5.77. The molecular weight excluding hydrogens is 795 g/mol. The zero-order valence-corrected chi connectivity index (χ0v) is 29.1. The van der Waals surface area contributed by atoms with Crippen molar-refractivity contribution >= 4 is 134 Å². The fraction of sp³-hybridized carbons (Fsp3) is 0.0645. The third-order valence-corrected chi connectivity index (χ3v) is 11.6. The van der Waals surface area contributed by atoms with Crippen molar-refractivity contribution in [1.29, 1.82) is 0 Å². The van der Waals surface area contributed by atoms with Gasteiger partial charge < -0.3 is 5.32 Å². The van der Waals surface area contributed by atoms with Crippen molar-refractivity contribution in [2.75, 3.05) is 16.8 Å². The molecule has 0 saturated carbocycles. The molecule has 2 aromatic heterocycles. The van der Waals surface area contributed by atoms with E-state index in [2.05, 4.69) is 70.9 Å². The molecule has 0 saturated heterocycles. The first-order chi connectivity index (χ1) is 20.9. The average Bonchev–Trinajstić information content (AvgIpc) is 3.61. The van der Waals surface area contributed by atoms with Crippen molar-refractivity contribution < 1.29 is 9.59 Å². The van der Waals surface area contributed by atoms with Gasteiger partial charge in [-0.3, -0.25) is 14.6 Å². The highest BCUT2D eigenvalue weighted by Gasteiger charge is 2.12. The van der Waals surface area contributed by atoms with E-state index in [9.17, 15) is 9.59 Å². The highest BCUT2D eigenvalue weighted by atomic mass is 127. The molecule has 2 heterocycles. The van der Waals surface area contributed by atoms with E-state index >= 15 is 0 Å². The highest BCUT2D eigenvalue weighted by molar-refractivity contribution is 14.1. The Morgan fingerprint density at radius 2 is 1.49 bits per heavy atom. The molecule has 0 unspecified atom stereocenters. The van der Waals surface area contributed by atoms with Crippen molar-refractivity contribution in [2.24, 2.45) is 4.99 Å². The third-order valence-electron chi connectivity index (χ3n) is 6.06. The molecule has 6 aromatic rings. The molecular formula is C31H20BrIN4O2S4. The largest absolute Gasteiger partial charge is 0.325 e. The SMILES string of the molecule is O=C(CSc1nc2ccc(N=Cc3ccc(I)cc3)cc2s1)Nc1ccc2nc(SCC(=O)c3ccc(Br)cc3)sc2c1. The van der Waals surface area contributed by atoms with Crippen LogP contribution in [0.1, 0.15) is 15.9 Å². The number of thiazole rings is 2. The number of benzene rings is 4. The van der Waals surface area contributed by atoms with E-state index in [0.717, 1.165) is 44.8 Å². The number of nitrogens with zero attached hydrogens (tertiary/aromatic N) is 3. The van der Waals surface area contributed by atoms with Gasteiger partial charge in [0.05, 0.1) is 37.6 Å². The van der Waals surface area contributed by atoms with Crippen LogP contribution in [0.3, 0.4) is 0 Å². The van der Waals surface area contributed by atoms with E-state index in [-0.39, 0.29) is 17.4 Å². The van der Waals surface area contributed by atoms with Gasteiger partial charge in [0, 0.05) is 25.5 Å². The van der Waals surface area contributed by atoms with Crippen molar-refractivity contribution in [2.45, 2.75) is 8.68 Å². The Balaban J connectivity index is 1.03. The van der Waals surface area contributed by atoms with Gasteiger partial charge in [-0.25, -0.2) is 9.97 Å². The maximum absolute atomic E-state index is 12.7. The Hall–Kier alpha value is -2.62. The molecule has 4 aromatic carbocycles. The maximum atomic E-state index is 12.7. The number of anilines is 1. The minimum Gasteiger partial charge on any atom is -0.325 e. The molecule has 0 fully saturated rings. The summed E-state index contributed by atoms with van der Waals surface area (Å²) >= 11 is 11.6. The molecule has 0 aliphatic rings. The number of halogens is 2. The lowest BCUT2D eigenvalue weighted by molar-refractivity contribution is -0.113. The van der Waals surface area contributed by atoms with Gasteiger partial charge in [-0.1, -0.05) is 63.7 Å². The lowest BCUT2D eigenvalue weighted by Crippen LogP contribution is -2.13. The first-order valence-electron chi connectivity index (χ1n) is 12.8. The molecule has 6 rings (SSSR count). The monoisotopic (exact) mass is 814 g/mol. The van der Waals surface area contributed by atoms with Gasteiger partial charge >= 0.3 is 0 Å². The highest BCUT2D eigenvalue weighted by Crippen LogP contribution is 2.33. The molecule has 6 nitrogen and oxygen atoms in total. The first kappa shape index (κ1) is 30.4. The number of amides is 1. The summed E-state index contributed by atoms with van der Waals surface area (Å²) in [6.07, 6.45) is 1.85.